The van der Waals surface area contributed by atoms with Gasteiger partial charge in [-0.1, -0.05) is 23.4 Å². The molecule has 1 saturated heterocycles. The molecule has 0 saturated carbocycles. The van der Waals surface area contributed by atoms with Gasteiger partial charge < -0.3 is 9.42 Å². The van der Waals surface area contributed by atoms with E-state index < -0.39 is 11.8 Å². The molecule has 144 valence electrons. The summed E-state index contributed by atoms with van der Waals surface area (Å²) in [6, 6.07) is 12.0. The number of benzene rings is 1. The maximum Gasteiger partial charge on any atom is 0.262 e. The fourth-order valence-corrected chi connectivity index (χ4v) is 3.46. The largest absolute Gasteiger partial charge is 0.339 e. The van der Waals surface area contributed by atoms with Crippen LogP contribution in [0.4, 0.5) is 0 Å². The van der Waals surface area contributed by atoms with E-state index in [9.17, 15) is 14.4 Å². The molecule has 9 nitrogen and oxygen atoms in total. The van der Waals surface area contributed by atoms with Crippen molar-refractivity contribution in [3.63, 3.8) is 0 Å². The zero-order valence-electron chi connectivity index (χ0n) is 15.2. The molecule has 0 spiro atoms. The van der Waals surface area contributed by atoms with Crippen molar-refractivity contribution in [1.29, 1.82) is 0 Å². The molecule has 0 bridgehead atoms. The molecule has 2 aromatic heterocycles. The van der Waals surface area contributed by atoms with Crippen molar-refractivity contribution in [2.45, 2.75) is 5.92 Å². The Morgan fingerprint density at radius 3 is 2.38 bits per heavy atom. The van der Waals surface area contributed by atoms with Gasteiger partial charge in [0.05, 0.1) is 17.0 Å². The first kappa shape index (κ1) is 17.2. The maximum absolute atomic E-state index is 12.5. The van der Waals surface area contributed by atoms with Crippen molar-refractivity contribution in [1.82, 2.24) is 24.9 Å². The Labute approximate surface area is 164 Å². The Morgan fingerprint density at radius 1 is 1.03 bits per heavy atom. The topological polar surface area (TPSA) is 110 Å². The van der Waals surface area contributed by atoms with Gasteiger partial charge in [0.25, 0.3) is 11.8 Å². The molecule has 9 heteroatoms. The first-order valence-electron chi connectivity index (χ1n) is 9.10. The predicted molar refractivity (Wildman–Crippen MR) is 98.7 cm³/mol. The van der Waals surface area contributed by atoms with E-state index in [-0.39, 0.29) is 18.4 Å². The Kier molecular flexibility index (Phi) is 3.94. The van der Waals surface area contributed by atoms with E-state index in [4.69, 9.17) is 4.52 Å². The van der Waals surface area contributed by atoms with E-state index >= 15 is 0 Å². The lowest BCUT2D eigenvalue weighted by molar-refractivity contribution is -0.136. The minimum absolute atomic E-state index is 0.0777. The first-order chi connectivity index (χ1) is 14.1. The summed E-state index contributed by atoms with van der Waals surface area (Å²) in [6.07, 6.45) is 1.65. The number of hydrogen-bond acceptors (Lipinski definition) is 7. The number of carbonyl (C=O) groups is 3. The van der Waals surface area contributed by atoms with Crippen LogP contribution in [0.5, 0.6) is 0 Å². The van der Waals surface area contributed by atoms with Crippen LogP contribution >= 0.6 is 0 Å². The molecule has 1 aromatic carbocycles. The summed E-state index contributed by atoms with van der Waals surface area (Å²) in [6.45, 7) is 0.514. The molecule has 4 heterocycles. The van der Waals surface area contributed by atoms with Gasteiger partial charge in [0.1, 0.15) is 12.2 Å². The second-order valence-electron chi connectivity index (χ2n) is 6.91. The highest BCUT2D eigenvalue weighted by Crippen LogP contribution is 2.28. The van der Waals surface area contributed by atoms with Crippen molar-refractivity contribution in [3.8, 4) is 11.5 Å². The molecule has 0 unspecified atom stereocenters. The Hall–Kier alpha value is -3.88. The van der Waals surface area contributed by atoms with Crippen molar-refractivity contribution in [3.05, 3.63) is 65.7 Å². The molecule has 2 aliphatic heterocycles. The number of hydrogen-bond donors (Lipinski definition) is 0. The summed E-state index contributed by atoms with van der Waals surface area (Å²) in [7, 11) is 0. The highest BCUT2D eigenvalue weighted by molar-refractivity contribution is 6.22. The third-order valence-electron chi connectivity index (χ3n) is 5.09. The number of nitrogens with zero attached hydrogens (tertiary/aromatic N) is 5. The van der Waals surface area contributed by atoms with Gasteiger partial charge in [0, 0.05) is 19.3 Å². The zero-order valence-corrected chi connectivity index (χ0v) is 15.2. The summed E-state index contributed by atoms with van der Waals surface area (Å²) < 4.78 is 5.30. The van der Waals surface area contributed by atoms with Gasteiger partial charge in [-0.05, 0) is 24.3 Å². The van der Waals surface area contributed by atoms with E-state index in [0.717, 1.165) is 4.90 Å². The fraction of sp³-hybridized carbons (Fsp3) is 0.200. The van der Waals surface area contributed by atoms with E-state index in [1.165, 1.54) is 0 Å². The van der Waals surface area contributed by atoms with Crippen LogP contribution < -0.4 is 0 Å². The second-order valence-corrected chi connectivity index (χ2v) is 6.91. The lowest BCUT2D eigenvalue weighted by Crippen LogP contribution is -2.52. The number of amides is 3. The Morgan fingerprint density at radius 2 is 1.72 bits per heavy atom. The average molecular weight is 389 g/mol. The van der Waals surface area contributed by atoms with Gasteiger partial charge in [0.2, 0.25) is 17.6 Å². The molecule has 3 amide bonds. The number of fused-ring (bicyclic) bond motifs is 1. The molecule has 0 radical (unpaired) electrons. The number of aromatic nitrogens is 3. The van der Waals surface area contributed by atoms with E-state index in [0.29, 0.717) is 41.6 Å². The van der Waals surface area contributed by atoms with Crippen molar-refractivity contribution in [2.75, 3.05) is 19.6 Å². The molecule has 0 aliphatic carbocycles. The van der Waals surface area contributed by atoms with Crippen LogP contribution in [0.3, 0.4) is 0 Å². The first-order valence-corrected chi connectivity index (χ1v) is 9.10. The molecular weight excluding hydrogens is 374 g/mol. The zero-order chi connectivity index (χ0) is 20.0. The fourth-order valence-electron chi connectivity index (χ4n) is 3.46. The number of rotatable bonds is 4. The van der Waals surface area contributed by atoms with Gasteiger partial charge in [-0.15, -0.1) is 0 Å². The van der Waals surface area contributed by atoms with E-state index in [1.807, 2.05) is 6.07 Å². The SMILES string of the molecule is O=C(CN1C(=O)c2ccccc2C1=O)N1CC(c2nc(-c3ccccn3)no2)C1. The van der Waals surface area contributed by atoms with E-state index in [1.54, 1.807) is 47.5 Å². The smallest absolute Gasteiger partial charge is 0.262 e. The van der Waals surface area contributed by atoms with Crippen molar-refractivity contribution < 1.29 is 18.9 Å². The van der Waals surface area contributed by atoms with Crippen LogP contribution in [0.1, 0.15) is 32.5 Å². The van der Waals surface area contributed by atoms with Crippen molar-refractivity contribution in [2.24, 2.45) is 0 Å². The lowest BCUT2D eigenvalue weighted by atomic mass is 10.00. The van der Waals surface area contributed by atoms with Crippen molar-refractivity contribution >= 4 is 17.7 Å². The normalized spacial score (nSPS) is 16.1. The highest BCUT2D eigenvalue weighted by Gasteiger charge is 2.40. The van der Waals surface area contributed by atoms with Gasteiger partial charge in [-0.2, -0.15) is 4.98 Å². The quantitative estimate of drug-likeness (QED) is 0.620. The molecule has 2 aliphatic rings. The van der Waals surface area contributed by atoms with Crippen LogP contribution in [-0.4, -0.2) is 62.3 Å². The van der Waals surface area contributed by atoms with Gasteiger partial charge in [0.15, 0.2) is 0 Å². The van der Waals surface area contributed by atoms with Gasteiger partial charge >= 0.3 is 0 Å². The van der Waals surface area contributed by atoms with E-state index in [2.05, 4.69) is 15.1 Å². The van der Waals surface area contributed by atoms with Crippen LogP contribution in [0.2, 0.25) is 0 Å². The summed E-state index contributed by atoms with van der Waals surface area (Å²) >= 11 is 0. The van der Waals surface area contributed by atoms with Crippen LogP contribution in [-0.2, 0) is 4.79 Å². The highest BCUT2D eigenvalue weighted by atomic mass is 16.5. The number of pyridine rings is 1. The standard InChI is InChI=1S/C20H15N5O4/c26-16(11-25-19(27)13-5-1-2-6-14(13)20(25)28)24-9-12(10-24)18-22-17(23-29-18)15-7-3-4-8-21-15/h1-8,12H,9-11H2. The number of imide groups is 1. The molecule has 0 N–H and O–H groups in total. The van der Waals surface area contributed by atoms with Crippen LogP contribution in [0.15, 0.2) is 53.2 Å². The predicted octanol–water partition coefficient (Wildman–Crippen LogP) is 1.35. The average Bonchev–Trinajstić information content (AvgIpc) is 3.28. The summed E-state index contributed by atoms with van der Waals surface area (Å²) in [5, 5.41) is 3.94. The third-order valence-corrected chi connectivity index (χ3v) is 5.09. The van der Waals surface area contributed by atoms with Gasteiger partial charge in [-0.25, -0.2) is 0 Å². The summed E-state index contributed by atoms with van der Waals surface area (Å²) in [5.74, 6) is -0.404. The summed E-state index contributed by atoms with van der Waals surface area (Å²) in [4.78, 5) is 48.4. The Bertz CT molecular complexity index is 1090. The second kappa shape index (κ2) is 6.62. The van der Waals surface area contributed by atoms with Gasteiger partial charge in [-0.3, -0.25) is 24.3 Å². The molecular formula is C20H15N5O4. The van der Waals surface area contributed by atoms with Crippen LogP contribution in [0, 0.1) is 0 Å². The molecule has 1 fully saturated rings. The molecule has 3 aromatic rings. The maximum atomic E-state index is 12.5. The minimum Gasteiger partial charge on any atom is -0.339 e. The minimum atomic E-state index is -0.437. The monoisotopic (exact) mass is 389 g/mol. The molecule has 5 rings (SSSR count). The molecule has 29 heavy (non-hydrogen) atoms. The summed E-state index contributed by atoms with van der Waals surface area (Å²) in [5.41, 5.74) is 1.28. The van der Waals surface area contributed by atoms with Crippen LogP contribution in [0.25, 0.3) is 11.5 Å². The molecule has 0 atom stereocenters. The number of likely N-dealkylation sites (tertiary alicyclic amines) is 1. The Balaban J connectivity index is 1.21. The third kappa shape index (κ3) is 2.87. The lowest BCUT2D eigenvalue weighted by Gasteiger charge is -2.37. The number of carbonyl (C=O) groups excluding carboxylic acids is 3.